The Hall–Kier alpha value is -1.95. The molecule has 1 fully saturated rings. The molecule has 0 aromatic carbocycles. The molecule has 1 unspecified atom stereocenters. The Labute approximate surface area is 97.6 Å². The van der Waals surface area contributed by atoms with E-state index in [1.54, 1.807) is 0 Å². The minimum Gasteiger partial charge on any atom is -0.478 e. The Kier molecular flexibility index (Phi) is 3.34. The van der Waals surface area contributed by atoms with E-state index in [2.05, 4.69) is 10.3 Å². The first-order valence-corrected chi connectivity index (χ1v) is 5.25. The number of nitrogens with one attached hydrogen (secondary N) is 1. The van der Waals surface area contributed by atoms with E-state index in [-0.39, 0.29) is 23.2 Å². The van der Waals surface area contributed by atoms with E-state index in [1.807, 2.05) is 0 Å². The first-order valence-electron chi connectivity index (χ1n) is 5.25. The fourth-order valence-corrected chi connectivity index (χ4v) is 1.56. The highest BCUT2D eigenvalue weighted by atomic mass is 16.5. The van der Waals surface area contributed by atoms with Gasteiger partial charge in [-0.25, -0.2) is 4.79 Å². The molecule has 0 radical (unpaired) electrons. The number of amides is 1. The summed E-state index contributed by atoms with van der Waals surface area (Å²) in [5.41, 5.74) is 0.271. The van der Waals surface area contributed by atoms with Crippen molar-refractivity contribution in [3.63, 3.8) is 0 Å². The van der Waals surface area contributed by atoms with Gasteiger partial charge in [-0.15, -0.1) is 0 Å². The fraction of sp³-hybridized carbons (Fsp3) is 0.364. The second-order valence-corrected chi connectivity index (χ2v) is 3.77. The number of hydrogen-bond donors (Lipinski definition) is 2. The number of carbonyl (C=O) groups is 2. The highest BCUT2D eigenvalue weighted by Gasteiger charge is 2.19. The molecule has 1 amide bonds. The Morgan fingerprint density at radius 1 is 1.47 bits per heavy atom. The zero-order valence-corrected chi connectivity index (χ0v) is 9.05. The molecule has 90 valence electrons. The number of nitrogens with zero attached hydrogens (tertiary/aromatic N) is 1. The van der Waals surface area contributed by atoms with E-state index < -0.39 is 5.97 Å². The second-order valence-electron chi connectivity index (χ2n) is 3.77. The van der Waals surface area contributed by atoms with Crippen LogP contribution >= 0.6 is 0 Å². The van der Waals surface area contributed by atoms with Crippen LogP contribution in [0.2, 0.25) is 0 Å². The molecule has 1 aliphatic rings. The van der Waals surface area contributed by atoms with Gasteiger partial charge < -0.3 is 15.2 Å². The first kappa shape index (κ1) is 11.5. The fourth-order valence-electron chi connectivity index (χ4n) is 1.56. The number of carboxylic acids is 1. The Balaban J connectivity index is 2.01. The minimum atomic E-state index is -1.06. The molecular formula is C11H12N2O4. The number of ether oxygens (including phenoxy) is 1. The van der Waals surface area contributed by atoms with Crippen LogP contribution in [0.5, 0.6) is 0 Å². The van der Waals surface area contributed by atoms with Gasteiger partial charge in [0.1, 0.15) is 5.69 Å². The van der Waals surface area contributed by atoms with E-state index in [0.717, 1.165) is 6.42 Å². The zero-order valence-electron chi connectivity index (χ0n) is 9.05. The maximum absolute atomic E-state index is 11.7. The van der Waals surface area contributed by atoms with Crippen LogP contribution in [-0.2, 0) is 4.74 Å². The van der Waals surface area contributed by atoms with Gasteiger partial charge in [0, 0.05) is 12.8 Å². The lowest BCUT2D eigenvalue weighted by Gasteiger charge is -2.09. The molecule has 1 saturated heterocycles. The third-order valence-electron chi connectivity index (χ3n) is 2.51. The summed E-state index contributed by atoms with van der Waals surface area (Å²) >= 11 is 0. The predicted molar refractivity (Wildman–Crippen MR) is 57.9 cm³/mol. The number of pyridine rings is 1. The summed E-state index contributed by atoms with van der Waals surface area (Å²) in [5.74, 6) is -1.37. The van der Waals surface area contributed by atoms with Crippen LogP contribution in [0.3, 0.4) is 0 Å². The smallest absolute Gasteiger partial charge is 0.337 e. The third kappa shape index (κ3) is 2.79. The van der Waals surface area contributed by atoms with Crippen molar-refractivity contribution in [2.75, 3.05) is 13.2 Å². The number of aromatic nitrogens is 1. The van der Waals surface area contributed by atoms with Gasteiger partial charge in [-0.1, -0.05) is 0 Å². The van der Waals surface area contributed by atoms with Crippen molar-refractivity contribution >= 4 is 11.9 Å². The van der Waals surface area contributed by atoms with Crippen LogP contribution in [-0.4, -0.2) is 41.2 Å². The predicted octanol–water partition coefficient (Wildman–Crippen LogP) is 0.298. The van der Waals surface area contributed by atoms with E-state index in [1.165, 1.54) is 18.3 Å². The average molecular weight is 236 g/mol. The third-order valence-corrected chi connectivity index (χ3v) is 2.51. The number of rotatable bonds is 3. The lowest BCUT2D eigenvalue weighted by atomic mass is 10.2. The lowest BCUT2D eigenvalue weighted by molar-refractivity contribution is 0.0695. The van der Waals surface area contributed by atoms with Gasteiger partial charge in [-0.2, -0.15) is 0 Å². The maximum Gasteiger partial charge on any atom is 0.337 e. The van der Waals surface area contributed by atoms with Gasteiger partial charge >= 0.3 is 5.97 Å². The standard InChI is InChI=1S/C11H12N2O4/c14-10(13-8-3-4-17-6-8)9-2-1-7(5-12-9)11(15)16/h1-2,5,8H,3-4,6H2,(H,13,14)(H,15,16). The minimum absolute atomic E-state index is 0.0171. The van der Waals surface area contributed by atoms with Gasteiger partial charge in [0.2, 0.25) is 0 Å². The van der Waals surface area contributed by atoms with Crippen LogP contribution in [0.1, 0.15) is 27.3 Å². The highest BCUT2D eigenvalue weighted by Crippen LogP contribution is 2.05. The summed E-state index contributed by atoms with van der Waals surface area (Å²) in [5, 5.41) is 11.5. The molecule has 1 aromatic heterocycles. The topological polar surface area (TPSA) is 88.5 Å². The Morgan fingerprint density at radius 3 is 2.82 bits per heavy atom. The van der Waals surface area contributed by atoms with Crippen molar-refractivity contribution in [3.8, 4) is 0 Å². The molecule has 6 nitrogen and oxygen atoms in total. The van der Waals surface area contributed by atoms with Crippen molar-refractivity contribution in [1.82, 2.24) is 10.3 Å². The molecule has 0 aliphatic carbocycles. The summed E-state index contributed by atoms with van der Waals surface area (Å²) in [6, 6.07) is 2.77. The van der Waals surface area contributed by atoms with Crippen LogP contribution in [0.25, 0.3) is 0 Å². The number of aromatic carboxylic acids is 1. The highest BCUT2D eigenvalue weighted by molar-refractivity contribution is 5.93. The van der Waals surface area contributed by atoms with E-state index in [0.29, 0.717) is 13.2 Å². The molecule has 0 bridgehead atoms. The molecule has 2 N–H and O–H groups in total. The molecule has 0 spiro atoms. The largest absolute Gasteiger partial charge is 0.478 e. The molecule has 0 saturated carbocycles. The first-order chi connectivity index (χ1) is 8.16. The van der Waals surface area contributed by atoms with E-state index in [9.17, 15) is 9.59 Å². The van der Waals surface area contributed by atoms with Crippen LogP contribution in [0, 0.1) is 0 Å². The lowest BCUT2D eigenvalue weighted by Crippen LogP contribution is -2.35. The Morgan fingerprint density at radius 2 is 2.29 bits per heavy atom. The molecular weight excluding hydrogens is 224 g/mol. The number of carbonyl (C=O) groups excluding carboxylic acids is 1. The number of hydrogen-bond acceptors (Lipinski definition) is 4. The SMILES string of the molecule is O=C(O)c1ccc(C(=O)NC2CCOC2)nc1. The van der Waals surface area contributed by atoms with Crippen molar-refractivity contribution in [3.05, 3.63) is 29.6 Å². The quantitative estimate of drug-likeness (QED) is 0.787. The van der Waals surface area contributed by atoms with Gasteiger partial charge in [-0.3, -0.25) is 9.78 Å². The molecule has 1 aromatic rings. The van der Waals surface area contributed by atoms with Gasteiger partial charge in [-0.05, 0) is 18.6 Å². The molecule has 2 rings (SSSR count). The molecule has 1 atom stereocenters. The van der Waals surface area contributed by atoms with Crippen LogP contribution in [0.15, 0.2) is 18.3 Å². The van der Waals surface area contributed by atoms with Crippen molar-refractivity contribution in [2.45, 2.75) is 12.5 Å². The van der Waals surface area contributed by atoms with Crippen molar-refractivity contribution < 1.29 is 19.4 Å². The van der Waals surface area contributed by atoms with Crippen molar-refractivity contribution in [1.29, 1.82) is 0 Å². The average Bonchev–Trinajstić information content (AvgIpc) is 2.82. The molecule has 2 heterocycles. The van der Waals surface area contributed by atoms with E-state index >= 15 is 0 Å². The summed E-state index contributed by atoms with van der Waals surface area (Å²) in [6.45, 7) is 1.16. The Bertz CT molecular complexity index is 424. The van der Waals surface area contributed by atoms with Crippen LogP contribution in [0.4, 0.5) is 0 Å². The second kappa shape index (κ2) is 4.92. The zero-order chi connectivity index (χ0) is 12.3. The maximum atomic E-state index is 11.7. The van der Waals surface area contributed by atoms with Gasteiger partial charge in [0.15, 0.2) is 0 Å². The van der Waals surface area contributed by atoms with Gasteiger partial charge in [0.25, 0.3) is 5.91 Å². The summed E-state index contributed by atoms with van der Waals surface area (Å²) in [6.07, 6.45) is 1.96. The summed E-state index contributed by atoms with van der Waals surface area (Å²) < 4.78 is 5.13. The normalized spacial score (nSPS) is 18.9. The summed E-state index contributed by atoms with van der Waals surface area (Å²) in [4.78, 5) is 26.1. The van der Waals surface area contributed by atoms with E-state index in [4.69, 9.17) is 9.84 Å². The van der Waals surface area contributed by atoms with Gasteiger partial charge in [0.05, 0.1) is 18.2 Å². The van der Waals surface area contributed by atoms with Crippen LogP contribution < -0.4 is 5.32 Å². The summed E-state index contributed by atoms with van der Waals surface area (Å²) in [7, 11) is 0. The molecule has 1 aliphatic heterocycles. The number of carboxylic acid groups (broad SMARTS) is 1. The molecule has 6 heteroatoms. The monoisotopic (exact) mass is 236 g/mol. The molecule has 17 heavy (non-hydrogen) atoms. The van der Waals surface area contributed by atoms with Crippen molar-refractivity contribution in [2.24, 2.45) is 0 Å².